The first kappa shape index (κ1) is 15.7. The molecule has 1 aliphatic rings. The summed E-state index contributed by atoms with van der Waals surface area (Å²) in [5.74, 6) is 5.11. The lowest BCUT2D eigenvalue weighted by molar-refractivity contribution is -0.128. The molecule has 1 heterocycles. The number of rotatable bonds is 4. The minimum absolute atomic E-state index is 0.139. The molecule has 0 bridgehead atoms. The van der Waals surface area contributed by atoms with Gasteiger partial charge in [0.25, 0.3) is 5.91 Å². The van der Waals surface area contributed by atoms with Gasteiger partial charge in [0.1, 0.15) is 5.82 Å². The topological polar surface area (TPSA) is 61.6 Å². The Labute approximate surface area is 124 Å². The van der Waals surface area contributed by atoms with E-state index in [1.807, 2.05) is 13.8 Å². The van der Waals surface area contributed by atoms with Gasteiger partial charge in [0.15, 0.2) is 0 Å². The van der Waals surface area contributed by atoms with Gasteiger partial charge in [-0.3, -0.25) is 15.1 Å². The molecule has 1 aliphatic heterocycles. The molecule has 2 rings (SSSR count). The lowest BCUT2D eigenvalue weighted by atomic mass is 10.0. The zero-order chi connectivity index (χ0) is 15.4. The van der Waals surface area contributed by atoms with Crippen LogP contribution in [-0.4, -0.2) is 43.0 Å². The van der Waals surface area contributed by atoms with Crippen LogP contribution < -0.4 is 16.2 Å². The van der Waals surface area contributed by atoms with Crippen molar-refractivity contribution in [3.63, 3.8) is 0 Å². The number of nitrogens with one attached hydrogen (secondary N) is 1. The number of hydrazine groups is 1. The van der Waals surface area contributed by atoms with E-state index in [4.69, 9.17) is 5.84 Å². The third-order valence-electron chi connectivity index (χ3n) is 3.94. The fraction of sp³-hybridized carbons (Fsp3) is 0.533. The normalized spacial score (nSPS) is 17.9. The molecule has 0 saturated carbocycles. The van der Waals surface area contributed by atoms with Gasteiger partial charge in [-0.05, 0) is 30.2 Å². The summed E-state index contributed by atoms with van der Waals surface area (Å²) in [4.78, 5) is 16.3. The quantitative estimate of drug-likeness (QED) is 0.493. The number of halogens is 1. The van der Waals surface area contributed by atoms with Gasteiger partial charge >= 0.3 is 0 Å². The van der Waals surface area contributed by atoms with Crippen molar-refractivity contribution >= 4 is 11.6 Å². The average Bonchev–Trinajstić information content (AvgIpc) is 2.48. The predicted octanol–water partition coefficient (Wildman–Crippen LogP) is 0.962. The molecule has 1 saturated heterocycles. The number of hydrogen-bond acceptors (Lipinski definition) is 4. The Kier molecular flexibility index (Phi) is 5.14. The smallest absolute Gasteiger partial charge is 0.251 e. The van der Waals surface area contributed by atoms with E-state index in [1.54, 1.807) is 12.1 Å². The van der Waals surface area contributed by atoms with Gasteiger partial charge in [0.05, 0.1) is 6.04 Å². The molecule has 1 amide bonds. The van der Waals surface area contributed by atoms with Crippen LogP contribution >= 0.6 is 0 Å². The number of hydrogen-bond donors (Lipinski definition) is 2. The van der Waals surface area contributed by atoms with Crippen LogP contribution in [0.25, 0.3) is 0 Å². The molecular formula is C15H23FN4O. The summed E-state index contributed by atoms with van der Waals surface area (Å²) in [6.45, 7) is 7.24. The van der Waals surface area contributed by atoms with Crippen molar-refractivity contribution in [3.8, 4) is 0 Å². The predicted molar refractivity (Wildman–Crippen MR) is 81.1 cm³/mol. The zero-order valence-corrected chi connectivity index (χ0v) is 12.6. The monoisotopic (exact) mass is 294 g/mol. The van der Waals surface area contributed by atoms with Crippen molar-refractivity contribution in [2.45, 2.75) is 19.9 Å². The van der Waals surface area contributed by atoms with Gasteiger partial charge in [0, 0.05) is 31.9 Å². The Bertz CT molecular complexity index is 469. The molecule has 1 atom stereocenters. The molecule has 0 spiro atoms. The largest absolute Gasteiger partial charge is 0.369 e. The zero-order valence-electron chi connectivity index (χ0n) is 12.6. The lowest BCUT2D eigenvalue weighted by Crippen LogP contribution is -2.57. The second-order valence-electron chi connectivity index (χ2n) is 5.70. The van der Waals surface area contributed by atoms with Crippen LogP contribution in [0.1, 0.15) is 13.8 Å². The molecule has 21 heavy (non-hydrogen) atoms. The molecule has 6 heteroatoms. The highest BCUT2D eigenvalue weighted by atomic mass is 19.1. The van der Waals surface area contributed by atoms with Crippen molar-refractivity contribution in [1.82, 2.24) is 10.3 Å². The van der Waals surface area contributed by atoms with Crippen molar-refractivity contribution < 1.29 is 9.18 Å². The number of piperazine rings is 1. The summed E-state index contributed by atoms with van der Waals surface area (Å²) < 4.78 is 13.0. The number of nitrogens with two attached hydrogens (primary N) is 1. The average molecular weight is 294 g/mol. The van der Waals surface area contributed by atoms with Gasteiger partial charge in [-0.1, -0.05) is 13.8 Å². The van der Waals surface area contributed by atoms with Gasteiger partial charge < -0.3 is 4.90 Å². The SMILES string of the molecule is CC(C)[C@@H](C(=O)NN)N1CCN(c2ccc(F)cc2)CC1. The Morgan fingerprint density at radius 1 is 1.19 bits per heavy atom. The summed E-state index contributed by atoms with van der Waals surface area (Å²) in [5.41, 5.74) is 3.27. The van der Waals surface area contributed by atoms with Crippen LogP contribution in [-0.2, 0) is 4.79 Å². The van der Waals surface area contributed by atoms with Crippen molar-refractivity contribution in [2.24, 2.45) is 11.8 Å². The molecule has 3 N–H and O–H groups in total. The second-order valence-corrected chi connectivity index (χ2v) is 5.70. The summed E-state index contributed by atoms with van der Waals surface area (Å²) >= 11 is 0. The van der Waals surface area contributed by atoms with Crippen LogP contribution in [0.2, 0.25) is 0 Å². The van der Waals surface area contributed by atoms with E-state index < -0.39 is 0 Å². The van der Waals surface area contributed by atoms with Crippen LogP contribution in [0.5, 0.6) is 0 Å². The van der Waals surface area contributed by atoms with E-state index >= 15 is 0 Å². The fourth-order valence-corrected chi connectivity index (χ4v) is 2.89. The molecule has 1 fully saturated rings. The number of benzene rings is 1. The maximum Gasteiger partial charge on any atom is 0.251 e. The van der Waals surface area contributed by atoms with Crippen molar-refractivity contribution in [2.75, 3.05) is 31.1 Å². The Balaban J connectivity index is 1.98. The van der Waals surface area contributed by atoms with Crippen molar-refractivity contribution in [3.05, 3.63) is 30.1 Å². The summed E-state index contributed by atoms with van der Waals surface area (Å²) in [7, 11) is 0. The molecule has 0 unspecified atom stereocenters. The van der Waals surface area contributed by atoms with Crippen LogP contribution in [0, 0.1) is 11.7 Å². The highest BCUT2D eigenvalue weighted by Crippen LogP contribution is 2.19. The standard InChI is InChI=1S/C15H23FN4O/c1-11(2)14(15(21)18-17)20-9-7-19(8-10-20)13-5-3-12(16)4-6-13/h3-6,11,14H,7-10,17H2,1-2H3,(H,18,21)/t14-/m0/s1. The molecule has 1 aromatic carbocycles. The van der Waals surface area contributed by atoms with E-state index in [2.05, 4.69) is 15.2 Å². The maximum atomic E-state index is 13.0. The fourth-order valence-electron chi connectivity index (χ4n) is 2.89. The molecule has 0 radical (unpaired) electrons. The van der Waals surface area contributed by atoms with Crippen molar-refractivity contribution in [1.29, 1.82) is 0 Å². The minimum Gasteiger partial charge on any atom is -0.369 e. The van der Waals surface area contributed by atoms with Gasteiger partial charge in [-0.15, -0.1) is 0 Å². The van der Waals surface area contributed by atoms with E-state index in [9.17, 15) is 9.18 Å². The maximum absolute atomic E-state index is 13.0. The minimum atomic E-state index is -0.225. The number of carbonyl (C=O) groups excluding carboxylic acids is 1. The Morgan fingerprint density at radius 2 is 1.76 bits per heavy atom. The molecule has 1 aromatic rings. The van der Waals surface area contributed by atoms with Gasteiger partial charge in [-0.2, -0.15) is 0 Å². The first-order valence-electron chi connectivity index (χ1n) is 7.28. The summed E-state index contributed by atoms with van der Waals surface area (Å²) in [6.07, 6.45) is 0. The number of nitrogens with zero attached hydrogens (tertiary/aromatic N) is 2. The first-order valence-corrected chi connectivity index (χ1v) is 7.28. The van der Waals surface area contributed by atoms with E-state index in [-0.39, 0.29) is 23.7 Å². The van der Waals surface area contributed by atoms with E-state index in [0.29, 0.717) is 0 Å². The Hall–Kier alpha value is -1.66. The lowest BCUT2D eigenvalue weighted by Gasteiger charge is -2.40. The van der Waals surface area contributed by atoms with Gasteiger partial charge in [0.2, 0.25) is 0 Å². The van der Waals surface area contributed by atoms with Gasteiger partial charge in [-0.25, -0.2) is 10.2 Å². The molecule has 0 aromatic heterocycles. The number of anilines is 1. The van der Waals surface area contributed by atoms with Crippen LogP contribution in [0.15, 0.2) is 24.3 Å². The summed E-state index contributed by atoms with van der Waals surface area (Å²) in [5, 5.41) is 0. The third-order valence-corrected chi connectivity index (χ3v) is 3.94. The van der Waals surface area contributed by atoms with Crippen LogP contribution in [0.4, 0.5) is 10.1 Å². The first-order chi connectivity index (χ1) is 10.0. The Morgan fingerprint density at radius 3 is 2.24 bits per heavy atom. The van der Waals surface area contributed by atoms with Crippen LogP contribution in [0.3, 0.4) is 0 Å². The molecule has 5 nitrogen and oxygen atoms in total. The van der Waals surface area contributed by atoms with E-state index in [1.165, 1.54) is 12.1 Å². The molecular weight excluding hydrogens is 271 g/mol. The highest BCUT2D eigenvalue weighted by Gasteiger charge is 2.31. The highest BCUT2D eigenvalue weighted by molar-refractivity contribution is 5.81. The number of amides is 1. The second kappa shape index (κ2) is 6.87. The third kappa shape index (κ3) is 3.71. The van der Waals surface area contributed by atoms with E-state index in [0.717, 1.165) is 31.9 Å². The summed E-state index contributed by atoms with van der Waals surface area (Å²) in [6, 6.07) is 6.32. The molecule has 0 aliphatic carbocycles. The molecule has 116 valence electrons. The number of carbonyl (C=O) groups is 1.